The lowest BCUT2D eigenvalue weighted by atomic mass is 10.0. The number of sulfonamides is 1. The van der Waals surface area contributed by atoms with Crippen LogP contribution in [0.5, 0.6) is 0 Å². The average molecular weight is 574 g/mol. The SMILES string of the molecule is Cn1cnc(S(=O)(=O)NC(=O)c2c(-c3ccc[nH]c3=O)c3cc(C(F)(F)F)ccc3n2Cc2ccccc2F)c1. The van der Waals surface area contributed by atoms with Crippen molar-refractivity contribution >= 4 is 26.8 Å². The third kappa shape index (κ3) is 4.88. The number of hydrogen-bond acceptors (Lipinski definition) is 5. The van der Waals surface area contributed by atoms with Gasteiger partial charge in [-0.25, -0.2) is 14.1 Å². The molecule has 0 aliphatic heterocycles. The second-order valence-electron chi connectivity index (χ2n) is 8.86. The fourth-order valence-electron chi connectivity index (χ4n) is 4.37. The number of halogens is 4. The number of carbonyl (C=O) groups excluding carboxylic acids is 1. The first-order valence-corrected chi connectivity index (χ1v) is 13.0. The number of rotatable bonds is 6. The molecule has 5 aromatic rings. The highest BCUT2D eigenvalue weighted by Crippen LogP contribution is 2.38. The summed E-state index contributed by atoms with van der Waals surface area (Å²) in [6.07, 6.45) is -1.14. The number of hydrogen-bond donors (Lipinski definition) is 2. The molecule has 3 aromatic heterocycles. The molecule has 1 amide bonds. The number of H-pyrrole nitrogens is 1. The number of nitrogens with one attached hydrogen (secondary N) is 2. The fraction of sp³-hybridized carbons (Fsp3) is 0.115. The van der Waals surface area contributed by atoms with Crippen molar-refractivity contribution in [3.05, 3.63) is 106 Å². The van der Waals surface area contributed by atoms with Gasteiger partial charge in [-0.15, -0.1) is 0 Å². The predicted molar refractivity (Wildman–Crippen MR) is 136 cm³/mol. The molecule has 0 spiro atoms. The maximum Gasteiger partial charge on any atom is 0.416 e. The normalized spacial score (nSPS) is 12.1. The molecule has 40 heavy (non-hydrogen) atoms. The van der Waals surface area contributed by atoms with E-state index in [9.17, 15) is 35.6 Å². The number of carbonyl (C=O) groups is 1. The predicted octanol–water partition coefficient (Wildman–Crippen LogP) is 4.06. The number of nitrogens with zero attached hydrogens (tertiary/aromatic N) is 3. The van der Waals surface area contributed by atoms with Crippen molar-refractivity contribution in [2.75, 3.05) is 0 Å². The third-order valence-corrected chi connectivity index (χ3v) is 7.38. The van der Waals surface area contributed by atoms with Gasteiger partial charge in [-0.3, -0.25) is 9.59 Å². The van der Waals surface area contributed by atoms with E-state index < -0.39 is 49.8 Å². The highest BCUT2D eigenvalue weighted by atomic mass is 32.2. The molecule has 0 radical (unpaired) electrons. The van der Waals surface area contributed by atoms with Crippen molar-refractivity contribution in [1.82, 2.24) is 23.8 Å². The van der Waals surface area contributed by atoms with E-state index in [-0.39, 0.29) is 34.1 Å². The Morgan fingerprint density at radius 1 is 1.10 bits per heavy atom. The number of imidazole rings is 1. The number of amides is 1. The summed E-state index contributed by atoms with van der Waals surface area (Å²) in [5, 5.41) is -0.651. The summed E-state index contributed by atoms with van der Waals surface area (Å²) in [5.41, 5.74) is -2.62. The van der Waals surface area contributed by atoms with Gasteiger partial charge in [0, 0.05) is 47.0 Å². The summed E-state index contributed by atoms with van der Waals surface area (Å²) in [6, 6.07) is 10.9. The van der Waals surface area contributed by atoms with Crippen LogP contribution < -0.4 is 10.3 Å². The van der Waals surface area contributed by atoms with Gasteiger partial charge in [-0.05, 0) is 36.4 Å². The first-order valence-electron chi connectivity index (χ1n) is 11.6. The zero-order valence-electron chi connectivity index (χ0n) is 20.5. The second kappa shape index (κ2) is 9.79. The van der Waals surface area contributed by atoms with Gasteiger partial charge < -0.3 is 14.1 Å². The van der Waals surface area contributed by atoms with E-state index in [1.54, 1.807) is 0 Å². The maximum absolute atomic E-state index is 14.7. The quantitative estimate of drug-likeness (QED) is 0.297. The second-order valence-corrected chi connectivity index (χ2v) is 10.5. The van der Waals surface area contributed by atoms with Crippen molar-refractivity contribution < 1.29 is 30.8 Å². The van der Waals surface area contributed by atoms with Crippen LogP contribution in [-0.2, 0) is 29.8 Å². The van der Waals surface area contributed by atoms with E-state index in [0.29, 0.717) is 0 Å². The van der Waals surface area contributed by atoms with Crippen molar-refractivity contribution in [3.63, 3.8) is 0 Å². The fourth-order valence-corrected chi connectivity index (χ4v) is 5.31. The first kappa shape index (κ1) is 26.9. The van der Waals surface area contributed by atoms with Crippen LogP contribution in [0.25, 0.3) is 22.0 Å². The van der Waals surface area contributed by atoms with Crippen LogP contribution in [0.3, 0.4) is 0 Å². The molecule has 206 valence electrons. The average Bonchev–Trinajstić information content (AvgIpc) is 3.47. The topological polar surface area (TPSA) is 119 Å². The third-order valence-electron chi connectivity index (χ3n) is 6.16. The molecule has 14 heteroatoms. The van der Waals surface area contributed by atoms with E-state index in [1.807, 2.05) is 4.72 Å². The summed E-state index contributed by atoms with van der Waals surface area (Å²) in [5.74, 6) is -1.92. The van der Waals surface area contributed by atoms with Gasteiger partial charge >= 0.3 is 6.18 Å². The molecule has 9 nitrogen and oxygen atoms in total. The van der Waals surface area contributed by atoms with E-state index in [4.69, 9.17) is 0 Å². The molecule has 0 saturated heterocycles. The van der Waals surface area contributed by atoms with Gasteiger partial charge in [0.2, 0.25) is 0 Å². The van der Waals surface area contributed by atoms with E-state index >= 15 is 0 Å². The number of benzene rings is 2. The number of pyridine rings is 1. The van der Waals surface area contributed by atoms with Crippen LogP contribution in [0.1, 0.15) is 21.6 Å². The van der Waals surface area contributed by atoms with Crippen molar-refractivity contribution in [3.8, 4) is 11.1 Å². The molecule has 5 rings (SSSR count). The summed E-state index contributed by atoms with van der Waals surface area (Å²) < 4.78 is 86.2. The molecule has 2 aromatic carbocycles. The zero-order chi connectivity index (χ0) is 28.8. The van der Waals surface area contributed by atoms with Gasteiger partial charge in [0.1, 0.15) is 11.5 Å². The summed E-state index contributed by atoms with van der Waals surface area (Å²) in [7, 11) is -3.04. The number of fused-ring (bicyclic) bond motifs is 1. The van der Waals surface area contributed by atoms with E-state index in [0.717, 1.165) is 30.5 Å². The van der Waals surface area contributed by atoms with Crippen molar-refractivity contribution in [2.45, 2.75) is 17.7 Å². The number of aromatic amines is 1. The minimum absolute atomic E-state index is 0.0369. The molecule has 3 heterocycles. The number of alkyl halides is 3. The van der Waals surface area contributed by atoms with Gasteiger partial charge in [0.15, 0.2) is 5.03 Å². The van der Waals surface area contributed by atoms with Gasteiger partial charge in [-0.1, -0.05) is 18.2 Å². The summed E-state index contributed by atoms with van der Waals surface area (Å²) in [6.45, 7) is -0.369. The first-order chi connectivity index (χ1) is 18.9. The van der Waals surface area contributed by atoms with Gasteiger partial charge in [0.05, 0.1) is 18.4 Å². The lowest BCUT2D eigenvalue weighted by Gasteiger charge is -2.13. The van der Waals surface area contributed by atoms with Crippen molar-refractivity contribution in [2.24, 2.45) is 7.05 Å². The van der Waals surface area contributed by atoms with E-state index in [1.165, 1.54) is 59.0 Å². The smallest absolute Gasteiger partial charge is 0.339 e. The van der Waals surface area contributed by atoms with Gasteiger partial charge in [-0.2, -0.15) is 21.6 Å². The monoisotopic (exact) mass is 573 g/mol. The zero-order valence-corrected chi connectivity index (χ0v) is 21.3. The van der Waals surface area contributed by atoms with Crippen LogP contribution in [0.2, 0.25) is 0 Å². The minimum Gasteiger partial charge on any atom is -0.339 e. The highest BCUT2D eigenvalue weighted by Gasteiger charge is 2.34. The molecule has 2 N–H and O–H groups in total. The minimum atomic E-state index is -4.77. The summed E-state index contributed by atoms with van der Waals surface area (Å²) >= 11 is 0. The number of aryl methyl sites for hydroxylation is 1. The molecule has 0 aliphatic carbocycles. The number of aromatic nitrogens is 4. The Labute approximate surface area is 223 Å². The highest BCUT2D eigenvalue weighted by molar-refractivity contribution is 7.90. The molecular formula is C26H19F4N5O4S. The Morgan fingerprint density at radius 3 is 2.50 bits per heavy atom. The largest absolute Gasteiger partial charge is 0.416 e. The Hall–Kier alpha value is -4.72. The molecule has 0 saturated carbocycles. The Kier molecular flexibility index (Phi) is 6.58. The molecule has 0 aliphatic rings. The maximum atomic E-state index is 14.7. The Morgan fingerprint density at radius 2 is 1.85 bits per heavy atom. The Balaban J connectivity index is 1.83. The standard InChI is InChI=1S/C26H19F4N5O4S/c1-34-13-21(32-14-34)40(38,39)33-25(37)23-22(17-6-4-10-31-24(17)36)18-11-16(26(28,29)30)8-9-20(18)35(23)12-15-5-2-3-7-19(15)27/h2-11,13-14H,12H2,1H3,(H,31,36)(H,33,37). The van der Waals surface area contributed by atoms with Crippen LogP contribution in [0.4, 0.5) is 17.6 Å². The van der Waals surface area contributed by atoms with Crippen LogP contribution in [0, 0.1) is 5.82 Å². The van der Waals surface area contributed by atoms with Crippen LogP contribution >= 0.6 is 0 Å². The van der Waals surface area contributed by atoms with Gasteiger partial charge in [0.25, 0.3) is 21.5 Å². The molecular weight excluding hydrogens is 554 g/mol. The molecule has 0 atom stereocenters. The van der Waals surface area contributed by atoms with E-state index in [2.05, 4.69) is 9.97 Å². The lowest BCUT2D eigenvalue weighted by molar-refractivity contribution is -0.137. The Bertz CT molecular complexity index is 1940. The molecule has 0 bridgehead atoms. The lowest BCUT2D eigenvalue weighted by Crippen LogP contribution is -2.33. The summed E-state index contributed by atoms with van der Waals surface area (Å²) in [4.78, 5) is 32.7. The molecule has 0 fully saturated rings. The van der Waals surface area contributed by atoms with Crippen molar-refractivity contribution in [1.29, 1.82) is 0 Å². The van der Waals surface area contributed by atoms with Crippen LogP contribution in [-0.4, -0.2) is 33.4 Å². The molecule has 0 unspecified atom stereocenters. The van der Waals surface area contributed by atoms with Crippen LogP contribution in [0.15, 0.2) is 83.1 Å².